The van der Waals surface area contributed by atoms with Crippen molar-refractivity contribution >= 4 is 11.9 Å². The molecule has 0 fully saturated rings. The summed E-state index contributed by atoms with van der Waals surface area (Å²) in [6.07, 6.45) is 0.368. The first-order valence-corrected chi connectivity index (χ1v) is 6.44. The molecule has 0 bridgehead atoms. The van der Waals surface area contributed by atoms with Gasteiger partial charge in [0.05, 0.1) is 7.11 Å². The molecule has 0 spiro atoms. The summed E-state index contributed by atoms with van der Waals surface area (Å²) in [5.41, 5.74) is 0.472. The van der Waals surface area contributed by atoms with Crippen LogP contribution in [0.15, 0.2) is 18.2 Å². The van der Waals surface area contributed by atoms with Crippen LogP contribution in [0, 0.1) is 5.92 Å². The van der Waals surface area contributed by atoms with Gasteiger partial charge in [-0.05, 0) is 24.5 Å². The van der Waals surface area contributed by atoms with E-state index in [-0.39, 0.29) is 37.5 Å². The number of esters is 1. The number of nitrogens with one attached hydrogen (secondary N) is 1. The van der Waals surface area contributed by atoms with E-state index < -0.39 is 17.8 Å². The number of aliphatic hydroxyl groups excluding tert-OH is 1. The number of phenolic OH excluding ortho intramolecular Hbond substituents is 2. The van der Waals surface area contributed by atoms with Crippen LogP contribution in [-0.2, 0) is 20.7 Å². The summed E-state index contributed by atoms with van der Waals surface area (Å²) in [6.45, 7) is -0.450. The van der Waals surface area contributed by atoms with Crippen LogP contribution < -0.4 is 5.32 Å². The van der Waals surface area contributed by atoms with Crippen LogP contribution >= 0.6 is 0 Å². The van der Waals surface area contributed by atoms with Crippen molar-refractivity contribution in [2.24, 2.45) is 5.92 Å². The number of aliphatic hydroxyl groups is 1. The second kappa shape index (κ2) is 8.11. The van der Waals surface area contributed by atoms with Gasteiger partial charge >= 0.3 is 5.97 Å². The highest BCUT2D eigenvalue weighted by Crippen LogP contribution is 2.25. The molecule has 1 unspecified atom stereocenters. The normalized spacial score (nSPS) is 11.7. The fraction of sp³-hybridized carbons (Fsp3) is 0.429. The van der Waals surface area contributed by atoms with Crippen molar-refractivity contribution in [2.45, 2.75) is 12.8 Å². The van der Waals surface area contributed by atoms with Gasteiger partial charge in [0.25, 0.3) is 0 Å². The lowest BCUT2D eigenvalue weighted by Gasteiger charge is -2.16. The Morgan fingerprint density at radius 2 is 2.05 bits per heavy atom. The zero-order valence-electron chi connectivity index (χ0n) is 11.7. The van der Waals surface area contributed by atoms with Crippen LogP contribution in [-0.4, -0.2) is 47.5 Å². The maximum absolute atomic E-state index is 12.0. The molecule has 1 aromatic rings. The lowest BCUT2D eigenvalue weighted by Crippen LogP contribution is -2.36. The van der Waals surface area contributed by atoms with E-state index >= 15 is 0 Å². The molecule has 21 heavy (non-hydrogen) atoms. The molecule has 0 saturated heterocycles. The number of benzene rings is 1. The molecule has 116 valence electrons. The minimum atomic E-state index is -0.602. The molecule has 0 aliphatic rings. The van der Waals surface area contributed by atoms with Crippen LogP contribution in [0.3, 0.4) is 0 Å². The topological polar surface area (TPSA) is 116 Å². The molecule has 7 heteroatoms. The van der Waals surface area contributed by atoms with Crippen molar-refractivity contribution < 1.29 is 29.6 Å². The number of hydrogen-bond acceptors (Lipinski definition) is 6. The van der Waals surface area contributed by atoms with Gasteiger partial charge in [0.15, 0.2) is 0 Å². The number of aromatic hydroxyl groups is 2. The van der Waals surface area contributed by atoms with E-state index in [1.165, 1.54) is 25.3 Å². The maximum Gasteiger partial charge on any atom is 0.325 e. The van der Waals surface area contributed by atoms with Gasteiger partial charge in [0, 0.05) is 18.6 Å². The van der Waals surface area contributed by atoms with Crippen LogP contribution in [0.2, 0.25) is 0 Å². The van der Waals surface area contributed by atoms with Gasteiger partial charge in [0.2, 0.25) is 5.91 Å². The van der Waals surface area contributed by atoms with E-state index in [1.54, 1.807) is 0 Å². The SMILES string of the molecule is COC(=O)CNC(=O)C(CCO)Cc1ccc(O)cc1O. The van der Waals surface area contributed by atoms with Crippen molar-refractivity contribution in [3.63, 3.8) is 0 Å². The number of ether oxygens (including phenoxy) is 1. The molecule has 1 atom stereocenters. The summed E-state index contributed by atoms with van der Waals surface area (Å²) in [7, 11) is 1.22. The van der Waals surface area contributed by atoms with E-state index in [4.69, 9.17) is 5.11 Å². The Morgan fingerprint density at radius 3 is 2.62 bits per heavy atom. The first-order valence-electron chi connectivity index (χ1n) is 6.44. The fourth-order valence-electron chi connectivity index (χ4n) is 1.85. The highest BCUT2D eigenvalue weighted by atomic mass is 16.5. The molecule has 0 heterocycles. The number of carbonyl (C=O) groups excluding carboxylic acids is 2. The molecule has 1 amide bonds. The maximum atomic E-state index is 12.0. The Bertz CT molecular complexity index is 502. The smallest absolute Gasteiger partial charge is 0.325 e. The van der Waals surface area contributed by atoms with Crippen molar-refractivity contribution in [1.29, 1.82) is 0 Å². The lowest BCUT2D eigenvalue weighted by atomic mass is 9.95. The van der Waals surface area contributed by atoms with Gasteiger partial charge in [-0.15, -0.1) is 0 Å². The molecule has 0 aliphatic heterocycles. The lowest BCUT2D eigenvalue weighted by molar-refractivity contribution is -0.141. The van der Waals surface area contributed by atoms with Crippen LogP contribution in [0.1, 0.15) is 12.0 Å². The summed E-state index contributed by atoms with van der Waals surface area (Å²) in [6, 6.07) is 4.08. The standard InChI is InChI=1S/C14H19NO6/c1-21-13(19)8-15-14(20)10(4-5-16)6-9-2-3-11(17)7-12(9)18/h2-3,7,10,16-18H,4-6,8H2,1H3,(H,15,20). The Balaban J connectivity index is 2.72. The van der Waals surface area contributed by atoms with Crippen LogP contribution in [0.5, 0.6) is 11.5 Å². The average molecular weight is 297 g/mol. The number of amides is 1. The first-order chi connectivity index (χ1) is 9.97. The number of methoxy groups -OCH3 is 1. The van der Waals surface area contributed by atoms with E-state index in [1.807, 2.05) is 0 Å². The minimum Gasteiger partial charge on any atom is -0.508 e. The van der Waals surface area contributed by atoms with Gasteiger partial charge in [-0.2, -0.15) is 0 Å². The summed E-state index contributed by atoms with van der Waals surface area (Å²) in [4.78, 5) is 23.0. The predicted molar refractivity (Wildman–Crippen MR) is 73.7 cm³/mol. The summed E-state index contributed by atoms with van der Waals surface area (Å²) in [5, 5.41) is 30.4. The Morgan fingerprint density at radius 1 is 1.33 bits per heavy atom. The number of rotatable bonds is 7. The second-order valence-electron chi connectivity index (χ2n) is 4.52. The Labute approximate surface area is 122 Å². The molecule has 0 aliphatic carbocycles. The fourth-order valence-corrected chi connectivity index (χ4v) is 1.85. The van der Waals surface area contributed by atoms with Crippen LogP contribution in [0.4, 0.5) is 0 Å². The predicted octanol–water partition coefficient (Wildman–Crippen LogP) is -0.0719. The van der Waals surface area contributed by atoms with Gasteiger partial charge in [-0.25, -0.2) is 0 Å². The van der Waals surface area contributed by atoms with Crippen LogP contribution in [0.25, 0.3) is 0 Å². The number of carbonyl (C=O) groups is 2. The second-order valence-corrected chi connectivity index (χ2v) is 4.52. The molecular formula is C14H19NO6. The summed E-state index contributed by atoms with van der Waals surface area (Å²) in [5.74, 6) is -1.79. The zero-order valence-corrected chi connectivity index (χ0v) is 11.7. The van der Waals surface area contributed by atoms with Crippen molar-refractivity contribution in [3.05, 3.63) is 23.8 Å². The molecular weight excluding hydrogens is 278 g/mol. The average Bonchev–Trinajstić information content (AvgIpc) is 2.46. The van der Waals surface area contributed by atoms with E-state index in [0.717, 1.165) is 0 Å². The molecule has 1 rings (SSSR count). The highest BCUT2D eigenvalue weighted by molar-refractivity contribution is 5.83. The molecule has 0 aromatic heterocycles. The van der Waals surface area contributed by atoms with E-state index in [9.17, 15) is 19.8 Å². The highest BCUT2D eigenvalue weighted by Gasteiger charge is 2.20. The first kappa shape index (κ1) is 16.8. The van der Waals surface area contributed by atoms with Crippen molar-refractivity contribution in [2.75, 3.05) is 20.3 Å². The van der Waals surface area contributed by atoms with E-state index in [2.05, 4.69) is 10.1 Å². The molecule has 1 aromatic carbocycles. The Hall–Kier alpha value is -2.28. The monoisotopic (exact) mass is 297 g/mol. The summed E-state index contributed by atoms with van der Waals surface area (Å²) >= 11 is 0. The number of phenols is 2. The third-order valence-electron chi connectivity index (χ3n) is 3.02. The molecule has 7 nitrogen and oxygen atoms in total. The van der Waals surface area contributed by atoms with Gasteiger partial charge < -0.3 is 25.4 Å². The zero-order chi connectivity index (χ0) is 15.8. The Kier molecular flexibility index (Phi) is 6.48. The van der Waals surface area contributed by atoms with E-state index in [0.29, 0.717) is 5.56 Å². The number of hydrogen-bond donors (Lipinski definition) is 4. The molecule has 4 N–H and O–H groups in total. The minimum absolute atomic E-state index is 0.0786. The van der Waals surface area contributed by atoms with Crippen molar-refractivity contribution in [3.8, 4) is 11.5 Å². The van der Waals surface area contributed by atoms with Gasteiger partial charge in [-0.1, -0.05) is 6.07 Å². The van der Waals surface area contributed by atoms with Crippen molar-refractivity contribution in [1.82, 2.24) is 5.32 Å². The third kappa shape index (κ3) is 5.31. The largest absolute Gasteiger partial charge is 0.508 e. The molecule has 0 saturated carbocycles. The quantitative estimate of drug-likeness (QED) is 0.523. The molecule has 0 radical (unpaired) electrons. The van der Waals surface area contributed by atoms with Gasteiger partial charge in [0.1, 0.15) is 18.0 Å². The van der Waals surface area contributed by atoms with Gasteiger partial charge in [-0.3, -0.25) is 9.59 Å². The third-order valence-corrected chi connectivity index (χ3v) is 3.02. The summed E-state index contributed by atoms with van der Waals surface area (Å²) < 4.78 is 4.42.